The molecule has 2 aliphatic heterocycles. The van der Waals surface area contributed by atoms with Gasteiger partial charge < -0.3 is 14.4 Å². The normalized spacial score (nSPS) is 19.1. The van der Waals surface area contributed by atoms with Crippen LogP contribution in [0.4, 0.5) is 0 Å². The maximum absolute atomic E-state index is 12.5. The summed E-state index contributed by atoms with van der Waals surface area (Å²) in [5.41, 5.74) is 2.91. The van der Waals surface area contributed by atoms with Crippen molar-refractivity contribution in [1.29, 1.82) is 0 Å². The van der Waals surface area contributed by atoms with Crippen LogP contribution in [0.1, 0.15) is 40.9 Å². The van der Waals surface area contributed by atoms with Crippen LogP contribution < -0.4 is 9.47 Å². The number of amides is 1. The zero-order valence-electron chi connectivity index (χ0n) is 15.8. The molecule has 1 amide bonds. The van der Waals surface area contributed by atoms with E-state index in [1.807, 2.05) is 29.2 Å². The summed E-state index contributed by atoms with van der Waals surface area (Å²) in [5, 5.41) is 0. The van der Waals surface area contributed by atoms with Gasteiger partial charge in [-0.15, -0.1) is 0 Å². The highest BCUT2D eigenvalue weighted by atomic mass is 16.5. The number of aromatic nitrogens is 1. The van der Waals surface area contributed by atoms with Crippen molar-refractivity contribution in [3.63, 3.8) is 0 Å². The quantitative estimate of drug-likeness (QED) is 0.831. The summed E-state index contributed by atoms with van der Waals surface area (Å²) >= 11 is 0. The summed E-state index contributed by atoms with van der Waals surface area (Å²) in [7, 11) is 1.67. The SMILES string of the molecule is COc1ccc2c(c1)OCC(Cc1ccc(C(=O)N3CCCCC3)cn1)C2. The molecule has 0 N–H and O–H groups in total. The van der Waals surface area contributed by atoms with Gasteiger partial charge in [0.25, 0.3) is 5.91 Å². The third-order valence-electron chi connectivity index (χ3n) is 5.47. The van der Waals surface area contributed by atoms with E-state index in [1.54, 1.807) is 13.3 Å². The van der Waals surface area contributed by atoms with E-state index in [0.29, 0.717) is 18.1 Å². The molecular formula is C22H26N2O3. The Morgan fingerprint density at radius 2 is 2.07 bits per heavy atom. The lowest BCUT2D eigenvalue weighted by Gasteiger charge is -2.27. The van der Waals surface area contributed by atoms with Gasteiger partial charge in [0.2, 0.25) is 0 Å². The molecule has 2 aromatic rings. The number of hydrogen-bond donors (Lipinski definition) is 0. The molecule has 0 saturated carbocycles. The molecule has 5 nitrogen and oxygen atoms in total. The van der Waals surface area contributed by atoms with Gasteiger partial charge in [-0.1, -0.05) is 6.07 Å². The summed E-state index contributed by atoms with van der Waals surface area (Å²) in [4.78, 5) is 19.0. The lowest BCUT2D eigenvalue weighted by molar-refractivity contribution is 0.0724. The summed E-state index contributed by atoms with van der Waals surface area (Å²) in [6, 6.07) is 9.91. The van der Waals surface area contributed by atoms with E-state index in [-0.39, 0.29) is 5.91 Å². The maximum Gasteiger partial charge on any atom is 0.255 e. The van der Waals surface area contributed by atoms with Crippen molar-refractivity contribution in [3.8, 4) is 11.5 Å². The largest absolute Gasteiger partial charge is 0.497 e. The van der Waals surface area contributed by atoms with Crippen LogP contribution >= 0.6 is 0 Å². The second-order valence-corrected chi connectivity index (χ2v) is 7.45. The van der Waals surface area contributed by atoms with E-state index < -0.39 is 0 Å². The Morgan fingerprint density at radius 3 is 2.81 bits per heavy atom. The number of piperidine rings is 1. The standard InChI is InChI=1S/C22H26N2O3/c1-26-20-8-6-17-11-16(15-27-21(17)13-20)12-19-7-5-18(14-23-19)22(25)24-9-3-2-4-10-24/h5-8,13-14,16H,2-4,9-12,15H2,1H3. The molecule has 1 aromatic heterocycles. The Balaban J connectivity index is 1.38. The number of fused-ring (bicyclic) bond motifs is 1. The molecule has 142 valence electrons. The van der Waals surface area contributed by atoms with Gasteiger partial charge in [-0.25, -0.2) is 0 Å². The van der Waals surface area contributed by atoms with Gasteiger partial charge in [0, 0.05) is 37.0 Å². The molecule has 0 spiro atoms. The average Bonchev–Trinajstić information content (AvgIpc) is 2.74. The molecule has 0 radical (unpaired) electrons. The highest BCUT2D eigenvalue weighted by molar-refractivity contribution is 5.93. The van der Waals surface area contributed by atoms with Crippen molar-refractivity contribution in [2.24, 2.45) is 5.92 Å². The van der Waals surface area contributed by atoms with Crippen LogP contribution in [0.5, 0.6) is 11.5 Å². The molecule has 1 saturated heterocycles. The van der Waals surface area contributed by atoms with Crippen LogP contribution in [0.15, 0.2) is 36.5 Å². The molecule has 1 fully saturated rings. The molecule has 5 heteroatoms. The van der Waals surface area contributed by atoms with Gasteiger partial charge in [-0.05, 0) is 55.9 Å². The minimum atomic E-state index is 0.109. The highest BCUT2D eigenvalue weighted by Gasteiger charge is 2.22. The number of pyridine rings is 1. The highest BCUT2D eigenvalue weighted by Crippen LogP contribution is 2.32. The van der Waals surface area contributed by atoms with Crippen molar-refractivity contribution >= 4 is 5.91 Å². The molecule has 2 aliphatic rings. The van der Waals surface area contributed by atoms with Crippen molar-refractivity contribution < 1.29 is 14.3 Å². The first kappa shape index (κ1) is 17.8. The van der Waals surface area contributed by atoms with Crippen molar-refractivity contribution in [1.82, 2.24) is 9.88 Å². The zero-order valence-corrected chi connectivity index (χ0v) is 15.8. The predicted molar refractivity (Wildman–Crippen MR) is 103 cm³/mol. The fraction of sp³-hybridized carbons (Fsp3) is 0.455. The van der Waals surface area contributed by atoms with E-state index in [2.05, 4.69) is 11.1 Å². The lowest BCUT2D eigenvalue weighted by Crippen LogP contribution is -2.35. The Labute approximate surface area is 160 Å². The number of carbonyl (C=O) groups excluding carboxylic acids is 1. The number of methoxy groups -OCH3 is 1. The van der Waals surface area contributed by atoms with Crippen LogP contribution in [-0.4, -0.2) is 42.6 Å². The second-order valence-electron chi connectivity index (χ2n) is 7.45. The van der Waals surface area contributed by atoms with Crippen LogP contribution in [0.25, 0.3) is 0 Å². The van der Waals surface area contributed by atoms with Crippen molar-refractivity contribution in [2.45, 2.75) is 32.1 Å². The third-order valence-corrected chi connectivity index (χ3v) is 5.47. The minimum Gasteiger partial charge on any atom is -0.497 e. The monoisotopic (exact) mass is 366 g/mol. The number of likely N-dealkylation sites (tertiary alicyclic amines) is 1. The van der Waals surface area contributed by atoms with Gasteiger partial charge in [0.05, 0.1) is 19.3 Å². The summed E-state index contributed by atoms with van der Waals surface area (Å²) < 4.78 is 11.2. The van der Waals surface area contributed by atoms with Crippen LogP contribution in [0.2, 0.25) is 0 Å². The molecule has 3 heterocycles. The van der Waals surface area contributed by atoms with E-state index in [9.17, 15) is 4.79 Å². The molecule has 1 unspecified atom stereocenters. The first-order chi connectivity index (χ1) is 13.2. The third kappa shape index (κ3) is 4.07. The van der Waals surface area contributed by atoms with Crippen LogP contribution in [-0.2, 0) is 12.8 Å². The molecule has 4 rings (SSSR count). The summed E-state index contributed by atoms with van der Waals surface area (Å²) in [5.74, 6) is 2.24. The van der Waals surface area contributed by atoms with Crippen LogP contribution in [0, 0.1) is 5.92 Å². The van der Waals surface area contributed by atoms with E-state index >= 15 is 0 Å². The minimum absolute atomic E-state index is 0.109. The van der Waals surface area contributed by atoms with Crippen molar-refractivity contribution in [2.75, 3.05) is 26.8 Å². The van der Waals surface area contributed by atoms with Crippen molar-refractivity contribution in [3.05, 3.63) is 53.3 Å². The van der Waals surface area contributed by atoms with Gasteiger partial charge in [-0.2, -0.15) is 0 Å². The summed E-state index contributed by atoms with van der Waals surface area (Å²) in [6.07, 6.45) is 6.98. The average molecular weight is 366 g/mol. The smallest absolute Gasteiger partial charge is 0.255 e. The maximum atomic E-state index is 12.5. The van der Waals surface area contributed by atoms with E-state index in [1.165, 1.54) is 12.0 Å². The second kappa shape index (κ2) is 7.99. The number of nitrogens with zero attached hydrogens (tertiary/aromatic N) is 2. The topological polar surface area (TPSA) is 51.7 Å². The number of benzene rings is 1. The molecule has 1 aromatic carbocycles. The van der Waals surface area contributed by atoms with E-state index in [4.69, 9.17) is 9.47 Å². The Kier molecular flexibility index (Phi) is 5.28. The summed E-state index contributed by atoms with van der Waals surface area (Å²) in [6.45, 7) is 2.41. The fourth-order valence-corrected chi connectivity index (χ4v) is 3.92. The molecule has 0 aliphatic carbocycles. The fourth-order valence-electron chi connectivity index (χ4n) is 3.92. The van der Waals surface area contributed by atoms with Gasteiger partial charge >= 0.3 is 0 Å². The van der Waals surface area contributed by atoms with Gasteiger partial charge in [0.1, 0.15) is 11.5 Å². The van der Waals surface area contributed by atoms with Crippen LogP contribution in [0.3, 0.4) is 0 Å². The lowest BCUT2D eigenvalue weighted by atomic mass is 9.92. The number of rotatable bonds is 4. The number of hydrogen-bond acceptors (Lipinski definition) is 4. The molecule has 1 atom stereocenters. The first-order valence-corrected chi connectivity index (χ1v) is 9.77. The number of carbonyl (C=O) groups is 1. The molecular weight excluding hydrogens is 340 g/mol. The molecule has 27 heavy (non-hydrogen) atoms. The van der Waals surface area contributed by atoms with Gasteiger partial charge in [-0.3, -0.25) is 9.78 Å². The molecule has 0 bridgehead atoms. The van der Waals surface area contributed by atoms with E-state index in [0.717, 1.165) is 56.0 Å². The Morgan fingerprint density at radius 1 is 1.22 bits per heavy atom. The zero-order chi connectivity index (χ0) is 18.6. The first-order valence-electron chi connectivity index (χ1n) is 9.77. The Bertz CT molecular complexity index is 798. The predicted octanol–water partition coefficient (Wildman–Crippen LogP) is 3.51. The van der Waals surface area contributed by atoms with Gasteiger partial charge in [0.15, 0.2) is 0 Å². The Hall–Kier alpha value is -2.56. The number of ether oxygens (including phenoxy) is 2.